The van der Waals surface area contributed by atoms with Gasteiger partial charge in [-0.15, -0.1) is 0 Å². The van der Waals surface area contributed by atoms with Crippen molar-refractivity contribution in [3.63, 3.8) is 0 Å². The van der Waals surface area contributed by atoms with Crippen molar-refractivity contribution < 1.29 is 18.9 Å². The molecule has 2 heterocycles. The molecule has 2 aromatic rings. The Labute approximate surface area is 168 Å². The van der Waals surface area contributed by atoms with Gasteiger partial charge in [0, 0.05) is 44.0 Å². The minimum atomic E-state index is -0.501. The third kappa shape index (κ3) is 4.62. The second-order valence-corrected chi connectivity index (χ2v) is 7.13. The van der Waals surface area contributed by atoms with Gasteiger partial charge in [-0.05, 0) is 32.9 Å². The summed E-state index contributed by atoms with van der Waals surface area (Å²) >= 11 is 0. The molecule has 154 valence electrons. The average molecular weight is 400 g/mol. The fraction of sp³-hybridized carbons (Fsp3) is 0.400. The fourth-order valence-electron chi connectivity index (χ4n) is 3.44. The van der Waals surface area contributed by atoms with Crippen molar-refractivity contribution in [2.75, 3.05) is 31.5 Å². The Morgan fingerprint density at radius 2 is 1.86 bits per heavy atom. The van der Waals surface area contributed by atoms with E-state index in [0.29, 0.717) is 49.0 Å². The molecule has 1 fully saturated rings. The normalized spacial score (nSPS) is 15.8. The van der Waals surface area contributed by atoms with E-state index in [2.05, 4.69) is 5.32 Å². The number of anilines is 1. The molecule has 9 heteroatoms. The van der Waals surface area contributed by atoms with Gasteiger partial charge >= 0.3 is 0 Å². The lowest BCUT2D eigenvalue weighted by Crippen LogP contribution is -2.54. The van der Waals surface area contributed by atoms with Crippen molar-refractivity contribution in [1.29, 1.82) is 0 Å². The SMILES string of the molecule is Cc1cc(C(=O)N2CCN(C(C)C(=O)Nc3cccc([N+](=O)[O-])c3)CC2)c(C)o1. The molecule has 0 saturated carbocycles. The van der Waals surface area contributed by atoms with E-state index >= 15 is 0 Å². The molecule has 1 unspecified atom stereocenters. The molecule has 1 aliphatic rings. The molecule has 1 N–H and O–H groups in total. The van der Waals surface area contributed by atoms with Gasteiger partial charge in [0.05, 0.1) is 16.5 Å². The number of nitro benzene ring substituents is 1. The zero-order chi connectivity index (χ0) is 21.1. The summed E-state index contributed by atoms with van der Waals surface area (Å²) in [6.45, 7) is 7.51. The van der Waals surface area contributed by atoms with E-state index in [9.17, 15) is 19.7 Å². The Bertz CT molecular complexity index is 931. The van der Waals surface area contributed by atoms with Crippen LogP contribution in [0.4, 0.5) is 11.4 Å². The summed E-state index contributed by atoms with van der Waals surface area (Å²) in [6, 6.07) is 7.17. The van der Waals surface area contributed by atoms with Gasteiger partial charge in [-0.2, -0.15) is 0 Å². The van der Waals surface area contributed by atoms with E-state index in [1.165, 1.54) is 18.2 Å². The lowest BCUT2D eigenvalue weighted by atomic mass is 10.1. The maximum absolute atomic E-state index is 12.7. The average Bonchev–Trinajstić information content (AvgIpc) is 3.05. The van der Waals surface area contributed by atoms with Crippen LogP contribution >= 0.6 is 0 Å². The number of benzene rings is 1. The molecule has 1 saturated heterocycles. The molecule has 0 radical (unpaired) electrons. The Kier molecular flexibility index (Phi) is 5.97. The number of hydrogen-bond donors (Lipinski definition) is 1. The van der Waals surface area contributed by atoms with Gasteiger partial charge in [0.1, 0.15) is 11.5 Å². The minimum Gasteiger partial charge on any atom is -0.466 e. The number of furan rings is 1. The molecule has 0 spiro atoms. The van der Waals surface area contributed by atoms with E-state index < -0.39 is 11.0 Å². The van der Waals surface area contributed by atoms with Gasteiger partial charge in [0.15, 0.2) is 0 Å². The van der Waals surface area contributed by atoms with Crippen LogP contribution in [0.15, 0.2) is 34.7 Å². The highest BCUT2D eigenvalue weighted by atomic mass is 16.6. The van der Waals surface area contributed by atoms with Gasteiger partial charge in [0.2, 0.25) is 5.91 Å². The standard InChI is InChI=1S/C20H24N4O5/c1-13-11-18(15(3)29-13)20(26)23-9-7-22(8-10-23)14(2)19(25)21-16-5-4-6-17(12-16)24(27)28/h4-6,11-12,14H,7-10H2,1-3H3,(H,21,25). The van der Waals surface area contributed by atoms with Crippen LogP contribution < -0.4 is 5.32 Å². The van der Waals surface area contributed by atoms with Gasteiger partial charge in [0.25, 0.3) is 11.6 Å². The zero-order valence-electron chi connectivity index (χ0n) is 16.7. The van der Waals surface area contributed by atoms with Crippen molar-refractivity contribution >= 4 is 23.2 Å². The molecule has 0 bridgehead atoms. The number of rotatable bonds is 5. The molecule has 3 rings (SSSR count). The Morgan fingerprint density at radius 1 is 1.17 bits per heavy atom. The number of nitrogens with one attached hydrogen (secondary N) is 1. The molecule has 29 heavy (non-hydrogen) atoms. The summed E-state index contributed by atoms with van der Waals surface area (Å²) in [5, 5.41) is 13.6. The summed E-state index contributed by atoms with van der Waals surface area (Å²) in [6.07, 6.45) is 0. The molecule has 9 nitrogen and oxygen atoms in total. The van der Waals surface area contributed by atoms with E-state index in [-0.39, 0.29) is 17.5 Å². The second-order valence-electron chi connectivity index (χ2n) is 7.13. The van der Waals surface area contributed by atoms with Crippen molar-refractivity contribution in [2.24, 2.45) is 0 Å². The number of aryl methyl sites for hydroxylation is 2. The number of nitrogens with zero attached hydrogens (tertiary/aromatic N) is 3. The number of carbonyl (C=O) groups excluding carboxylic acids is 2. The Balaban J connectivity index is 1.56. The molecular formula is C20H24N4O5. The number of amides is 2. The number of hydrogen-bond acceptors (Lipinski definition) is 6. The van der Waals surface area contributed by atoms with Gasteiger partial charge < -0.3 is 14.6 Å². The van der Waals surface area contributed by atoms with Crippen molar-refractivity contribution in [1.82, 2.24) is 9.80 Å². The van der Waals surface area contributed by atoms with Crippen LogP contribution in [-0.2, 0) is 4.79 Å². The van der Waals surface area contributed by atoms with Crippen molar-refractivity contribution in [3.05, 3.63) is 57.5 Å². The van der Waals surface area contributed by atoms with E-state index in [1.54, 1.807) is 30.9 Å². The van der Waals surface area contributed by atoms with Crippen LogP contribution in [0.5, 0.6) is 0 Å². The minimum absolute atomic E-state index is 0.0623. The van der Waals surface area contributed by atoms with Crippen molar-refractivity contribution in [3.8, 4) is 0 Å². The van der Waals surface area contributed by atoms with Crippen LogP contribution in [0.3, 0.4) is 0 Å². The molecular weight excluding hydrogens is 376 g/mol. The monoisotopic (exact) mass is 400 g/mol. The maximum Gasteiger partial charge on any atom is 0.271 e. The highest BCUT2D eigenvalue weighted by Crippen LogP contribution is 2.19. The number of nitro groups is 1. The van der Waals surface area contributed by atoms with E-state index in [1.807, 2.05) is 11.8 Å². The summed E-state index contributed by atoms with van der Waals surface area (Å²) in [7, 11) is 0. The van der Waals surface area contributed by atoms with Crippen LogP contribution in [-0.4, -0.2) is 58.8 Å². The van der Waals surface area contributed by atoms with E-state index in [4.69, 9.17) is 4.42 Å². The zero-order valence-corrected chi connectivity index (χ0v) is 16.7. The highest BCUT2D eigenvalue weighted by molar-refractivity contribution is 5.96. The quantitative estimate of drug-likeness (QED) is 0.610. The summed E-state index contributed by atoms with van der Waals surface area (Å²) < 4.78 is 5.44. The van der Waals surface area contributed by atoms with Crippen LogP contribution in [0.25, 0.3) is 0 Å². The smallest absolute Gasteiger partial charge is 0.271 e. The predicted molar refractivity (Wildman–Crippen MR) is 107 cm³/mol. The third-order valence-corrected chi connectivity index (χ3v) is 5.12. The predicted octanol–water partition coefficient (Wildman–Crippen LogP) is 2.59. The van der Waals surface area contributed by atoms with Crippen LogP contribution in [0.2, 0.25) is 0 Å². The van der Waals surface area contributed by atoms with Crippen LogP contribution in [0.1, 0.15) is 28.8 Å². The first kappa shape index (κ1) is 20.5. The largest absolute Gasteiger partial charge is 0.466 e. The fourth-order valence-corrected chi connectivity index (χ4v) is 3.44. The van der Waals surface area contributed by atoms with Gasteiger partial charge in [-0.3, -0.25) is 24.6 Å². The molecule has 0 aliphatic carbocycles. The first-order valence-corrected chi connectivity index (χ1v) is 9.42. The van der Waals surface area contributed by atoms with Gasteiger partial charge in [-0.1, -0.05) is 6.07 Å². The summed E-state index contributed by atoms with van der Waals surface area (Å²) in [4.78, 5) is 39.4. The molecule has 1 aromatic carbocycles. The van der Waals surface area contributed by atoms with E-state index in [0.717, 1.165) is 0 Å². The summed E-state index contributed by atoms with van der Waals surface area (Å²) in [5.74, 6) is 1.01. The lowest BCUT2D eigenvalue weighted by molar-refractivity contribution is -0.384. The topological polar surface area (TPSA) is 109 Å². The first-order valence-electron chi connectivity index (χ1n) is 9.42. The van der Waals surface area contributed by atoms with Gasteiger partial charge in [-0.25, -0.2) is 0 Å². The molecule has 1 aromatic heterocycles. The number of non-ortho nitro benzene ring substituents is 1. The molecule has 2 amide bonds. The van der Waals surface area contributed by atoms with Crippen LogP contribution in [0, 0.1) is 24.0 Å². The second kappa shape index (κ2) is 8.44. The number of piperazine rings is 1. The highest BCUT2D eigenvalue weighted by Gasteiger charge is 2.29. The summed E-state index contributed by atoms with van der Waals surface area (Å²) in [5.41, 5.74) is 0.885. The van der Waals surface area contributed by atoms with Crippen molar-refractivity contribution in [2.45, 2.75) is 26.8 Å². The third-order valence-electron chi connectivity index (χ3n) is 5.12. The Hall–Kier alpha value is -3.20. The molecule has 1 atom stereocenters. The molecule has 1 aliphatic heterocycles. The Morgan fingerprint density at radius 3 is 2.45 bits per heavy atom. The first-order chi connectivity index (χ1) is 13.8. The lowest BCUT2D eigenvalue weighted by Gasteiger charge is -2.37. The number of carbonyl (C=O) groups is 2. The maximum atomic E-state index is 12.7.